The van der Waals surface area contributed by atoms with Gasteiger partial charge in [-0.3, -0.25) is 0 Å². The molecule has 1 fully saturated rings. The van der Waals surface area contributed by atoms with Gasteiger partial charge in [0, 0.05) is 5.39 Å². The average molecular weight is 227 g/mol. The van der Waals surface area contributed by atoms with Crippen LogP contribution in [-0.2, 0) is 6.42 Å². The van der Waals surface area contributed by atoms with Gasteiger partial charge in [0.25, 0.3) is 0 Å². The summed E-state index contributed by atoms with van der Waals surface area (Å²) >= 11 is 0. The first-order valence-electron chi connectivity index (χ1n) is 6.34. The Kier molecular flexibility index (Phi) is 3.01. The number of nitrogens with one attached hydrogen (secondary N) is 1. The first-order chi connectivity index (χ1) is 8.42. The van der Waals surface area contributed by atoms with Gasteiger partial charge in [-0.25, -0.2) is 0 Å². The van der Waals surface area contributed by atoms with E-state index in [-0.39, 0.29) is 0 Å². The van der Waals surface area contributed by atoms with Crippen molar-refractivity contribution < 1.29 is 0 Å². The number of rotatable bonds is 2. The molecule has 3 nitrogen and oxygen atoms in total. The number of hydrogen-bond acceptors (Lipinski definition) is 3. The zero-order valence-corrected chi connectivity index (χ0v) is 9.89. The minimum atomic E-state index is 0.721. The highest BCUT2D eigenvalue weighted by Crippen LogP contribution is 2.17. The average Bonchev–Trinajstić information content (AvgIpc) is 2.40. The Morgan fingerprint density at radius 1 is 1.24 bits per heavy atom. The molecule has 1 aromatic carbocycles. The summed E-state index contributed by atoms with van der Waals surface area (Å²) in [5.74, 6) is 0.721. The zero-order chi connectivity index (χ0) is 11.5. The van der Waals surface area contributed by atoms with Crippen LogP contribution in [0.3, 0.4) is 0 Å². The highest BCUT2D eigenvalue weighted by Gasteiger charge is 2.14. The van der Waals surface area contributed by atoms with Gasteiger partial charge in [-0.05, 0) is 50.4 Å². The third-order valence-corrected chi connectivity index (χ3v) is 3.44. The lowest BCUT2D eigenvalue weighted by Crippen LogP contribution is -2.31. The van der Waals surface area contributed by atoms with Crippen molar-refractivity contribution in [3.63, 3.8) is 0 Å². The minimum absolute atomic E-state index is 0.721. The second-order valence-corrected chi connectivity index (χ2v) is 4.81. The van der Waals surface area contributed by atoms with Crippen LogP contribution in [0, 0.1) is 5.92 Å². The Labute approximate surface area is 101 Å². The molecule has 3 rings (SSSR count). The highest BCUT2D eigenvalue weighted by molar-refractivity contribution is 5.77. The van der Waals surface area contributed by atoms with E-state index in [4.69, 9.17) is 0 Å². The number of fused-ring (bicyclic) bond motifs is 1. The zero-order valence-electron chi connectivity index (χ0n) is 9.89. The molecule has 0 spiro atoms. The van der Waals surface area contributed by atoms with Crippen LogP contribution in [0.15, 0.2) is 30.3 Å². The molecule has 1 atom stereocenters. The molecule has 1 saturated heterocycles. The van der Waals surface area contributed by atoms with Gasteiger partial charge in [0.1, 0.15) is 0 Å². The molecule has 2 heterocycles. The molecule has 0 saturated carbocycles. The molecule has 1 unspecified atom stereocenters. The van der Waals surface area contributed by atoms with Gasteiger partial charge in [-0.15, -0.1) is 0 Å². The van der Waals surface area contributed by atoms with Gasteiger partial charge < -0.3 is 5.32 Å². The smallest absolute Gasteiger partial charge is 0.0929 e. The predicted molar refractivity (Wildman–Crippen MR) is 68.8 cm³/mol. The summed E-state index contributed by atoms with van der Waals surface area (Å²) in [4.78, 5) is 0. The summed E-state index contributed by atoms with van der Waals surface area (Å²) in [6.45, 7) is 2.29. The SMILES string of the molecule is c1ccc2nnc(CC3CCCNC3)cc2c1. The second-order valence-electron chi connectivity index (χ2n) is 4.81. The Bertz CT molecular complexity index is 504. The molecule has 0 aliphatic carbocycles. The van der Waals surface area contributed by atoms with Crippen LogP contribution in [0.5, 0.6) is 0 Å². The van der Waals surface area contributed by atoms with Crippen LogP contribution < -0.4 is 5.32 Å². The van der Waals surface area contributed by atoms with E-state index in [9.17, 15) is 0 Å². The van der Waals surface area contributed by atoms with Crippen molar-refractivity contribution in [2.45, 2.75) is 19.3 Å². The third-order valence-electron chi connectivity index (χ3n) is 3.44. The molecular weight excluding hydrogens is 210 g/mol. The quantitative estimate of drug-likeness (QED) is 0.854. The second kappa shape index (κ2) is 4.80. The molecule has 2 aromatic rings. The molecule has 0 amide bonds. The summed E-state index contributed by atoms with van der Waals surface area (Å²) < 4.78 is 0. The van der Waals surface area contributed by atoms with Crippen molar-refractivity contribution in [2.24, 2.45) is 5.92 Å². The molecule has 17 heavy (non-hydrogen) atoms. The molecular formula is C14H17N3. The summed E-state index contributed by atoms with van der Waals surface area (Å²) in [5.41, 5.74) is 2.11. The maximum atomic E-state index is 4.32. The Morgan fingerprint density at radius 3 is 3.06 bits per heavy atom. The largest absolute Gasteiger partial charge is 0.316 e. The molecule has 88 valence electrons. The molecule has 0 bridgehead atoms. The van der Waals surface area contributed by atoms with E-state index in [1.165, 1.54) is 24.8 Å². The van der Waals surface area contributed by atoms with Crippen molar-refractivity contribution in [3.8, 4) is 0 Å². The number of piperidine rings is 1. The van der Waals surface area contributed by atoms with Gasteiger partial charge >= 0.3 is 0 Å². The van der Waals surface area contributed by atoms with E-state index in [1.54, 1.807) is 0 Å². The lowest BCUT2D eigenvalue weighted by Gasteiger charge is -2.22. The number of hydrogen-bond donors (Lipinski definition) is 1. The summed E-state index contributed by atoms with van der Waals surface area (Å²) in [6, 6.07) is 10.3. The van der Waals surface area contributed by atoms with E-state index in [0.29, 0.717) is 0 Å². The molecule has 1 aliphatic rings. The fourth-order valence-corrected chi connectivity index (χ4v) is 2.52. The van der Waals surface area contributed by atoms with E-state index < -0.39 is 0 Å². The van der Waals surface area contributed by atoms with Gasteiger partial charge in [-0.2, -0.15) is 10.2 Å². The van der Waals surface area contributed by atoms with Crippen molar-refractivity contribution in [1.29, 1.82) is 0 Å². The molecule has 0 radical (unpaired) electrons. The Balaban J connectivity index is 1.80. The van der Waals surface area contributed by atoms with Crippen molar-refractivity contribution >= 4 is 10.9 Å². The maximum absolute atomic E-state index is 4.32. The fourth-order valence-electron chi connectivity index (χ4n) is 2.52. The first kappa shape index (κ1) is 10.7. The van der Waals surface area contributed by atoms with Crippen LogP contribution in [0.1, 0.15) is 18.5 Å². The van der Waals surface area contributed by atoms with Crippen LogP contribution in [0.2, 0.25) is 0 Å². The van der Waals surface area contributed by atoms with Crippen LogP contribution in [0.4, 0.5) is 0 Å². The lowest BCUT2D eigenvalue weighted by molar-refractivity contribution is 0.373. The number of aromatic nitrogens is 2. The van der Waals surface area contributed by atoms with Crippen molar-refractivity contribution in [3.05, 3.63) is 36.0 Å². The van der Waals surface area contributed by atoms with Crippen LogP contribution >= 0.6 is 0 Å². The Hall–Kier alpha value is -1.48. The summed E-state index contributed by atoms with van der Waals surface area (Å²) in [7, 11) is 0. The molecule has 1 aromatic heterocycles. The standard InChI is InChI=1S/C14H17N3/c1-2-6-14-12(5-1)9-13(16-17-14)8-11-4-3-7-15-10-11/h1-2,5-6,9,11,15H,3-4,7-8,10H2. The van der Waals surface area contributed by atoms with Gasteiger partial charge in [0.05, 0.1) is 11.2 Å². The molecule has 3 heteroatoms. The third kappa shape index (κ3) is 2.44. The highest BCUT2D eigenvalue weighted by atomic mass is 15.1. The fraction of sp³-hybridized carbons (Fsp3) is 0.429. The van der Waals surface area contributed by atoms with Crippen LogP contribution in [-0.4, -0.2) is 23.3 Å². The minimum Gasteiger partial charge on any atom is -0.316 e. The van der Waals surface area contributed by atoms with E-state index >= 15 is 0 Å². The molecule has 1 N–H and O–H groups in total. The van der Waals surface area contributed by atoms with Gasteiger partial charge in [-0.1, -0.05) is 18.2 Å². The molecule has 1 aliphatic heterocycles. The monoisotopic (exact) mass is 227 g/mol. The van der Waals surface area contributed by atoms with Gasteiger partial charge in [0.2, 0.25) is 0 Å². The van der Waals surface area contributed by atoms with Gasteiger partial charge in [0.15, 0.2) is 0 Å². The summed E-state index contributed by atoms with van der Waals surface area (Å²) in [6.07, 6.45) is 3.64. The predicted octanol–water partition coefficient (Wildman–Crippen LogP) is 2.17. The van der Waals surface area contributed by atoms with Crippen LogP contribution in [0.25, 0.3) is 10.9 Å². The number of benzene rings is 1. The normalized spacial score (nSPS) is 20.6. The maximum Gasteiger partial charge on any atom is 0.0929 e. The first-order valence-corrected chi connectivity index (χ1v) is 6.34. The van der Waals surface area contributed by atoms with Crippen molar-refractivity contribution in [1.82, 2.24) is 15.5 Å². The van der Waals surface area contributed by atoms with E-state index in [2.05, 4.69) is 33.7 Å². The topological polar surface area (TPSA) is 37.8 Å². The van der Waals surface area contributed by atoms with E-state index in [0.717, 1.165) is 30.1 Å². The Morgan fingerprint density at radius 2 is 2.18 bits per heavy atom. The lowest BCUT2D eigenvalue weighted by atomic mass is 9.94. The van der Waals surface area contributed by atoms with Crippen molar-refractivity contribution in [2.75, 3.05) is 13.1 Å². The van der Waals surface area contributed by atoms with E-state index in [1.807, 2.05) is 12.1 Å². The number of nitrogens with zero attached hydrogens (tertiary/aromatic N) is 2. The summed E-state index contributed by atoms with van der Waals surface area (Å²) in [5, 5.41) is 13.2.